The van der Waals surface area contributed by atoms with E-state index >= 15 is 0 Å². The highest BCUT2D eigenvalue weighted by Gasteiger charge is 2.40. The first-order valence-electron chi connectivity index (χ1n) is 3.24. The molecule has 1 saturated heterocycles. The van der Waals surface area contributed by atoms with Crippen molar-refractivity contribution in [1.82, 2.24) is 4.90 Å². The molecule has 10 heavy (non-hydrogen) atoms. The summed E-state index contributed by atoms with van der Waals surface area (Å²) in [4.78, 5) is 12.3. The van der Waals surface area contributed by atoms with Crippen molar-refractivity contribution in [1.29, 1.82) is 5.26 Å². The minimum Gasteiger partial charge on any atom is -0.340 e. The van der Waals surface area contributed by atoms with Gasteiger partial charge >= 0.3 is 0 Å². The van der Waals surface area contributed by atoms with Crippen LogP contribution in [-0.4, -0.2) is 23.9 Å². The molecule has 0 unspecified atom stereocenters. The molecule has 0 spiro atoms. The zero-order valence-corrected chi connectivity index (χ0v) is 6.22. The Labute approximate surface area is 60.2 Å². The topological polar surface area (TPSA) is 44.1 Å². The zero-order valence-electron chi connectivity index (χ0n) is 6.22. The van der Waals surface area contributed by atoms with Crippen LogP contribution in [0.3, 0.4) is 0 Å². The lowest BCUT2D eigenvalue weighted by Crippen LogP contribution is -2.55. The van der Waals surface area contributed by atoms with Gasteiger partial charge in [0.05, 0.1) is 11.5 Å². The minimum absolute atomic E-state index is 0.0627. The average Bonchev–Trinajstić information content (AvgIpc) is 1.80. The highest BCUT2D eigenvalue weighted by Crippen LogP contribution is 2.28. The molecule has 0 atom stereocenters. The van der Waals surface area contributed by atoms with E-state index < -0.39 is 0 Å². The van der Waals surface area contributed by atoms with Gasteiger partial charge in [0.2, 0.25) is 5.91 Å². The van der Waals surface area contributed by atoms with Crippen LogP contribution in [0.25, 0.3) is 0 Å². The molecular formula is C7H10N2O. The van der Waals surface area contributed by atoms with Gasteiger partial charge in [-0.2, -0.15) is 5.26 Å². The number of hydrogen-bond donors (Lipinski definition) is 0. The number of rotatable bonds is 0. The van der Waals surface area contributed by atoms with Crippen molar-refractivity contribution in [3.63, 3.8) is 0 Å². The Morgan fingerprint density at radius 3 is 2.50 bits per heavy atom. The van der Waals surface area contributed by atoms with Crippen LogP contribution in [0.5, 0.6) is 0 Å². The van der Waals surface area contributed by atoms with Gasteiger partial charge in [-0.1, -0.05) is 0 Å². The quantitative estimate of drug-likeness (QED) is 0.485. The summed E-state index contributed by atoms with van der Waals surface area (Å²) in [6.07, 6.45) is 0. The number of hydrogen-bond acceptors (Lipinski definition) is 2. The molecule has 0 aromatic heterocycles. The average molecular weight is 138 g/mol. The summed E-state index contributed by atoms with van der Waals surface area (Å²) in [5.74, 6) is 0.0627. The predicted octanol–water partition coefficient (Wildman–Crippen LogP) is 0.378. The molecule has 0 N–H and O–H groups in total. The van der Waals surface area contributed by atoms with Gasteiger partial charge < -0.3 is 4.90 Å². The van der Waals surface area contributed by atoms with Crippen LogP contribution in [0.15, 0.2) is 0 Å². The van der Waals surface area contributed by atoms with Gasteiger partial charge in [0.25, 0.3) is 0 Å². The Morgan fingerprint density at radius 2 is 2.20 bits per heavy atom. The van der Waals surface area contributed by atoms with Crippen LogP contribution in [0, 0.1) is 16.7 Å². The predicted molar refractivity (Wildman–Crippen MR) is 36.0 cm³/mol. The zero-order chi connectivity index (χ0) is 7.78. The molecule has 1 heterocycles. The molecule has 0 saturated carbocycles. The Balaban J connectivity index is 2.46. The van der Waals surface area contributed by atoms with Gasteiger partial charge in [-0.3, -0.25) is 4.79 Å². The van der Waals surface area contributed by atoms with Crippen molar-refractivity contribution < 1.29 is 4.79 Å². The van der Waals surface area contributed by atoms with Crippen LogP contribution in [0.2, 0.25) is 0 Å². The molecule has 3 nitrogen and oxygen atoms in total. The molecule has 3 heteroatoms. The standard InChI is InChI=1S/C7H10N2O/c1-6(10)9-4-7(2,3-8)5-9/h4-5H2,1-2H3. The molecule has 0 aliphatic carbocycles. The number of amides is 1. The summed E-state index contributed by atoms with van der Waals surface area (Å²) in [7, 11) is 0. The minimum atomic E-state index is -0.272. The fraction of sp³-hybridized carbons (Fsp3) is 0.714. The van der Waals surface area contributed by atoms with Crippen LogP contribution in [0.1, 0.15) is 13.8 Å². The molecule has 0 bridgehead atoms. The van der Waals surface area contributed by atoms with Gasteiger partial charge in [-0.05, 0) is 6.92 Å². The molecule has 0 radical (unpaired) electrons. The van der Waals surface area contributed by atoms with Gasteiger partial charge in [-0.15, -0.1) is 0 Å². The Morgan fingerprint density at radius 1 is 1.70 bits per heavy atom. The second kappa shape index (κ2) is 1.98. The van der Waals surface area contributed by atoms with Crippen LogP contribution < -0.4 is 0 Å². The lowest BCUT2D eigenvalue weighted by molar-refractivity contribution is -0.137. The lowest BCUT2D eigenvalue weighted by atomic mass is 9.84. The summed E-state index contributed by atoms with van der Waals surface area (Å²) >= 11 is 0. The number of carbonyl (C=O) groups is 1. The highest BCUT2D eigenvalue weighted by atomic mass is 16.2. The SMILES string of the molecule is CC(=O)N1CC(C)(C#N)C1. The molecule has 1 aliphatic heterocycles. The third-order valence-electron chi connectivity index (χ3n) is 1.79. The van der Waals surface area contributed by atoms with Gasteiger partial charge in [0.15, 0.2) is 0 Å². The van der Waals surface area contributed by atoms with E-state index in [1.165, 1.54) is 6.92 Å². The second-order valence-corrected chi connectivity index (χ2v) is 3.05. The van der Waals surface area contributed by atoms with E-state index in [0.29, 0.717) is 13.1 Å². The van der Waals surface area contributed by atoms with Gasteiger partial charge in [-0.25, -0.2) is 0 Å². The Hall–Kier alpha value is -1.04. The third-order valence-corrected chi connectivity index (χ3v) is 1.79. The number of nitriles is 1. The molecule has 54 valence electrons. The lowest BCUT2D eigenvalue weighted by Gasteiger charge is -2.42. The summed E-state index contributed by atoms with van der Waals surface area (Å²) in [5, 5.41) is 8.56. The molecule has 1 fully saturated rings. The molecule has 1 rings (SSSR count). The summed E-state index contributed by atoms with van der Waals surface area (Å²) in [6, 6.07) is 2.17. The second-order valence-electron chi connectivity index (χ2n) is 3.05. The summed E-state index contributed by atoms with van der Waals surface area (Å²) < 4.78 is 0. The molecule has 1 aliphatic rings. The first kappa shape index (κ1) is 7.07. The maximum absolute atomic E-state index is 10.6. The van der Waals surface area contributed by atoms with E-state index in [0.717, 1.165) is 0 Å². The fourth-order valence-electron chi connectivity index (χ4n) is 1.09. The van der Waals surface area contributed by atoms with Crippen LogP contribution in [-0.2, 0) is 4.79 Å². The first-order chi connectivity index (χ1) is 4.57. The highest BCUT2D eigenvalue weighted by molar-refractivity contribution is 5.74. The molecule has 0 aromatic rings. The first-order valence-corrected chi connectivity index (χ1v) is 3.24. The molecule has 1 amide bonds. The van der Waals surface area contributed by atoms with E-state index in [4.69, 9.17) is 5.26 Å². The van der Waals surface area contributed by atoms with E-state index in [2.05, 4.69) is 6.07 Å². The molecule has 0 aromatic carbocycles. The molecular weight excluding hydrogens is 128 g/mol. The Kier molecular flexibility index (Phi) is 1.40. The van der Waals surface area contributed by atoms with Crippen molar-refractivity contribution in [3.8, 4) is 6.07 Å². The normalized spacial score (nSPS) is 21.1. The fourth-order valence-corrected chi connectivity index (χ4v) is 1.09. The van der Waals surface area contributed by atoms with Crippen molar-refractivity contribution in [2.45, 2.75) is 13.8 Å². The summed E-state index contributed by atoms with van der Waals surface area (Å²) in [5.41, 5.74) is -0.272. The van der Waals surface area contributed by atoms with Crippen molar-refractivity contribution in [3.05, 3.63) is 0 Å². The number of nitrogens with zero attached hydrogens (tertiary/aromatic N) is 2. The third kappa shape index (κ3) is 0.971. The Bertz CT molecular complexity index is 198. The van der Waals surface area contributed by atoms with Crippen LogP contribution >= 0.6 is 0 Å². The van der Waals surface area contributed by atoms with E-state index in [9.17, 15) is 4.79 Å². The van der Waals surface area contributed by atoms with Crippen molar-refractivity contribution in [2.24, 2.45) is 5.41 Å². The maximum Gasteiger partial charge on any atom is 0.219 e. The van der Waals surface area contributed by atoms with Crippen LogP contribution in [0.4, 0.5) is 0 Å². The van der Waals surface area contributed by atoms with Gasteiger partial charge in [0.1, 0.15) is 0 Å². The smallest absolute Gasteiger partial charge is 0.219 e. The van der Waals surface area contributed by atoms with Crippen molar-refractivity contribution >= 4 is 5.91 Å². The number of carbonyl (C=O) groups excluding carboxylic acids is 1. The largest absolute Gasteiger partial charge is 0.340 e. The monoisotopic (exact) mass is 138 g/mol. The van der Waals surface area contributed by atoms with Gasteiger partial charge in [0, 0.05) is 20.0 Å². The number of likely N-dealkylation sites (tertiary alicyclic amines) is 1. The maximum atomic E-state index is 10.6. The van der Waals surface area contributed by atoms with E-state index in [-0.39, 0.29) is 11.3 Å². The summed E-state index contributed by atoms with van der Waals surface area (Å²) in [6.45, 7) is 4.58. The van der Waals surface area contributed by atoms with Crippen molar-refractivity contribution in [2.75, 3.05) is 13.1 Å². The van der Waals surface area contributed by atoms with E-state index in [1.807, 2.05) is 6.92 Å². The van der Waals surface area contributed by atoms with E-state index in [1.54, 1.807) is 4.90 Å².